The standard InChI is InChI=1S/C22H27N3O5S2/c1-16-12-22(27)25(15-21(26)23-14-17-6-5-11-30-17)19-13-18(7-8-20(19)31-16)32(28,29)24-9-3-2-4-10-24/h5-8,11,13,16H,2-4,9-10,12,14-15H2,1H3,(H,23,26)/t16-/m1/s1. The first-order valence-corrected chi connectivity index (χ1v) is 13.1. The quantitative estimate of drug-likeness (QED) is 0.687. The maximum absolute atomic E-state index is 13.2. The minimum absolute atomic E-state index is 0.0157. The van der Waals surface area contributed by atoms with Gasteiger partial charge in [0.15, 0.2) is 0 Å². The van der Waals surface area contributed by atoms with Gasteiger partial charge in [-0.05, 0) is 43.2 Å². The molecule has 172 valence electrons. The van der Waals surface area contributed by atoms with E-state index in [1.54, 1.807) is 30.3 Å². The van der Waals surface area contributed by atoms with Crippen LogP contribution in [0.1, 0.15) is 38.4 Å². The number of benzene rings is 1. The van der Waals surface area contributed by atoms with Crippen molar-refractivity contribution in [1.29, 1.82) is 0 Å². The number of fused-ring (bicyclic) bond motifs is 1. The molecule has 32 heavy (non-hydrogen) atoms. The summed E-state index contributed by atoms with van der Waals surface area (Å²) < 4.78 is 33.1. The van der Waals surface area contributed by atoms with Gasteiger partial charge in [0.25, 0.3) is 0 Å². The van der Waals surface area contributed by atoms with Gasteiger partial charge in [-0.25, -0.2) is 8.42 Å². The molecule has 0 aliphatic carbocycles. The SMILES string of the molecule is C[C@@H]1CC(=O)N(CC(=O)NCc2ccco2)c2cc(S(=O)(=O)N3CCCCC3)ccc2S1. The van der Waals surface area contributed by atoms with Gasteiger partial charge < -0.3 is 14.6 Å². The van der Waals surface area contributed by atoms with E-state index >= 15 is 0 Å². The summed E-state index contributed by atoms with van der Waals surface area (Å²) >= 11 is 1.52. The zero-order chi connectivity index (χ0) is 22.7. The molecule has 10 heteroatoms. The number of furan rings is 1. The molecule has 1 fully saturated rings. The topological polar surface area (TPSA) is 99.9 Å². The Morgan fingerprint density at radius 2 is 2.00 bits per heavy atom. The van der Waals surface area contributed by atoms with E-state index in [1.165, 1.54) is 27.2 Å². The van der Waals surface area contributed by atoms with Crippen LogP contribution in [0.25, 0.3) is 0 Å². The number of anilines is 1. The van der Waals surface area contributed by atoms with Crippen molar-refractivity contribution in [2.45, 2.75) is 54.2 Å². The molecular formula is C22H27N3O5S2. The second-order valence-electron chi connectivity index (χ2n) is 8.06. The Bertz CT molecular complexity index is 1080. The van der Waals surface area contributed by atoms with Gasteiger partial charge >= 0.3 is 0 Å². The Balaban J connectivity index is 1.60. The molecule has 2 aliphatic heterocycles. The molecule has 3 heterocycles. The van der Waals surface area contributed by atoms with Crippen LogP contribution in [0.3, 0.4) is 0 Å². The molecule has 1 N–H and O–H groups in total. The first-order valence-electron chi connectivity index (χ1n) is 10.7. The molecule has 0 unspecified atom stereocenters. The normalized spacial score (nSPS) is 20.0. The highest BCUT2D eigenvalue weighted by molar-refractivity contribution is 8.00. The fourth-order valence-electron chi connectivity index (χ4n) is 3.94. The molecule has 2 amide bonds. The first kappa shape index (κ1) is 22.9. The number of nitrogens with zero attached hydrogens (tertiary/aromatic N) is 2. The van der Waals surface area contributed by atoms with Gasteiger partial charge in [-0.15, -0.1) is 11.8 Å². The summed E-state index contributed by atoms with van der Waals surface area (Å²) in [4.78, 5) is 27.9. The number of hydrogen-bond donors (Lipinski definition) is 1. The van der Waals surface area contributed by atoms with E-state index in [0.29, 0.717) is 24.5 Å². The van der Waals surface area contributed by atoms with Crippen LogP contribution in [0.5, 0.6) is 0 Å². The summed E-state index contributed by atoms with van der Waals surface area (Å²) in [5.41, 5.74) is 0.468. The minimum atomic E-state index is -3.66. The van der Waals surface area contributed by atoms with Crippen molar-refractivity contribution in [2.24, 2.45) is 0 Å². The number of piperidine rings is 1. The zero-order valence-corrected chi connectivity index (χ0v) is 19.6. The molecule has 0 spiro atoms. The Kier molecular flexibility index (Phi) is 6.92. The number of thioether (sulfide) groups is 1. The van der Waals surface area contributed by atoms with Crippen molar-refractivity contribution >= 4 is 39.3 Å². The third kappa shape index (κ3) is 5.02. The van der Waals surface area contributed by atoms with Crippen LogP contribution in [0.15, 0.2) is 50.8 Å². The summed E-state index contributed by atoms with van der Waals surface area (Å²) in [7, 11) is -3.66. The average molecular weight is 478 g/mol. The van der Waals surface area contributed by atoms with Crippen molar-refractivity contribution in [1.82, 2.24) is 9.62 Å². The molecule has 1 aromatic heterocycles. The van der Waals surface area contributed by atoms with Gasteiger partial charge in [-0.2, -0.15) is 4.31 Å². The van der Waals surface area contributed by atoms with Crippen LogP contribution in [-0.4, -0.2) is 49.4 Å². The largest absolute Gasteiger partial charge is 0.467 e. The van der Waals surface area contributed by atoms with Crippen molar-refractivity contribution in [3.63, 3.8) is 0 Å². The van der Waals surface area contributed by atoms with E-state index in [-0.39, 0.29) is 41.5 Å². The lowest BCUT2D eigenvalue weighted by Gasteiger charge is -2.27. The Morgan fingerprint density at radius 3 is 2.72 bits per heavy atom. The third-order valence-corrected chi connectivity index (χ3v) is 8.67. The Labute approximate surface area is 192 Å². The second-order valence-corrected chi connectivity index (χ2v) is 11.5. The van der Waals surface area contributed by atoms with Crippen LogP contribution < -0.4 is 10.2 Å². The molecule has 0 bridgehead atoms. The number of amides is 2. The van der Waals surface area contributed by atoms with E-state index in [2.05, 4.69) is 5.32 Å². The number of carbonyl (C=O) groups is 2. The number of hydrogen-bond acceptors (Lipinski definition) is 6. The van der Waals surface area contributed by atoms with Crippen LogP contribution >= 0.6 is 11.8 Å². The molecule has 1 aromatic carbocycles. The highest BCUT2D eigenvalue weighted by atomic mass is 32.2. The molecule has 4 rings (SSSR count). The van der Waals surface area contributed by atoms with E-state index in [9.17, 15) is 18.0 Å². The predicted molar refractivity (Wildman–Crippen MR) is 122 cm³/mol. The number of nitrogens with one attached hydrogen (secondary N) is 1. The summed E-state index contributed by atoms with van der Waals surface area (Å²) in [5.74, 6) is 0.0639. The third-order valence-electron chi connectivity index (χ3n) is 5.61. The molecule has 1 saturated heterocycles. The summed E-state index contributed by atoms with van der Waals surface area (Å²) in [6.45, 7) is 2.99. The lowest BCUT2D eigenvalue weighted by atomic mass is 10.2. The lowest BCUT2D eigenvalue weighted by molar-refractivity contribution is -0.124. The monoisotopic (exact) mass is 477 g/mol. The number of rotatable bonds is 6. The molecule has 1 atom stereocenters. The van der Waals surface area contributed by atoms with Gasteiger partial charge in [-0.1, -0.05) is 13.3 Å². The molecule has 0 radical (unpaired) electrons. The van der Waals surface area contributed by atoms with Gasteiger partial charge in [-0.3, -0.25) is 9.59 Å². The van der Waals surface area contributed by atoms with E-state index in [0.717, 1.165) is 24.2 Å². The molecule has 8 nitrogen and oxygen atoms in total. The fourth-order valence-corrected chi connectivity index (χ4v) is 6.58. The molecule has 0 saturated carbocycles. The number of sulfonamides is 1. The zero-order valence-electron chi connectivity index (χ0n) is 18.0. The van der Waals surface area contributed by atoms with Crippen LogP contribution in [0.4, 0.5) is 5.69 Å². The van der Waals surface area contributed by atoms with Crippen LogP contribution in [0, 0.1) is 0 Å². The highest BCUT2D eigenvalue weighted by Crippen LogP contribution is 2.39. The molecule has 2 aromatic rings. The molecular weight excluding hydrogens is 450 g/mol. The maximum Gasteiger partial charge on any atom is 0.243 e. The summed E-state index contributed by atoms with van der Waals surface area (Å²) in [6.07, 6.45) is 4.51. The smallest absolute Gasteiger partial charge is 0.243 e. The fraction of sp³-hybridized carbons (Fsp3) is 0.455. The van der Waals surface area contributed by atoms with Gasteiger partial charge in [0.05, 0.1) is 23.4 Å². The predicted octanol–water partition coefficient (Wildman–Crippen LogP) is 2.99. The Morgan fingerprint density at radius 1 is 1.22 bits per heavy atom. The van der Waals surface area contributed by atoms with Crippen molar-refractivity contribution in [3.05, 3.63) is 42.4 Å². The lowest BCUT2D eigenvalue weighted by Crippen LogP contribution is -2.41. The van der Waals surface area contributed by atoms with Crippen molar-refractivity contribution < 1.29 is 22.4 Å². The summed E-state index contributed by atoms with van der Waals surface area (Å²) in [5, 5.41) is 2.77. The number of carbonyl (C=O) groups excluding carboxylic acids is 2. The van der Waals surface area contributed by atoms with Crippen LogP contribution in [-0.2, 0) is 26.2 Å². The van der Waals surface area contributed by atoms with Crippen molar-refractivity contribution in [2.75, 3.05) is 24.5 Å². The van der Waals surface area contributed by atoms with E-state index in [1.807, 2.05) is 6.92 Å². The van der Waals surface area contributed by atoms with Gasteiger partial charge in [0.1, 0.15) is 12.3 Å². The van der Waals surface area contributed by atoms with Gasteiger partial charge in [0.2, 0.25) is 21.8 Å². The summed E-state index contributed by atoms with van der Waals surface area (Å²) in [6, 6.07) is 8.39. The highest BCUT2D eigenvalue weighted by Gasteiger charge is 2.31. The van der Waals surface area contributed by atoms with Crippen molar-refractivity contribution in [3.8, 4) is 0 Å². The van der Waals surface area contributed by atoms with Gasteiger partial charge in [0, 0.05) is 29.7 Å². The maximum atomic E-state index is 13.2. The van der Waals surface area contributed by atoms with Crippen LogP contribution in [0.2, 0.25) is 0 Å². The second kappa shape index (κ2) is 9.68. The average Bonchev–Trinajstić information content (AvgIpc) is 3.27. The Hall–Kier alpha value is -2.30. The first-order chi connectivity index (χ1) is 15.3. The van der Waals surface area contributed by atoms with E-state index in [4.69, 9.17) is 4.42 Å². The van der Waals surface area contributed by atoms with E-state index < -0.39 is 10.0 Å². The minimum Gasteiger partial charge on any atom is -0.467 e. The molecule has 2 aliphatic rings.